The molecule has 5 heteroatoms. The van der Waals surface area contributed by atoms with Crippen molar-refractivity contribution in [1.82, 2.24) is 0 Å². The van der Waals surface area contributed by atoms with E-state index < -0.39 is 18.5 Å². The second kappa shape index (κ2) is 4.63. The average molecular weight is 236 g/mol. The third-order valence-corrected chi connectivity index (χ3v) is 1.90. The summed E-state index contributed by atoms with van der Waals surface area (Å²) < 4.78 is 60.2. The molecule has 1 aromatic rings. The Morgan fingerprint density at radius 2 is 1.50 bits per heavy atom. The first-order valence-electron chi connectivity index (χ1n) is 4.49. The average Bonchev–Trinajstić information content (AvgIpc) is 2.17. The van der Waals surface area contributed by atoms with Crippen LogP contribution in [0, 0.1) is 0 Å². The van der Waals surface area contributed by atoms with Gasteiger partial charge < -0.3 is 0 Å². The number of hydrogen-bond acceptors (Lipinski definition) is 0. The lowest BCUT2D eigenvalue weighted by Gasteiger charge is -2.17. The molecule has 0 saturated carbocycles. The largest absolute Gasteiger partial charge is 0.453 e. The van der Waals surface area contributed by atoms with Gasteiger partial charge in [0.15, 0.2) is 0 Å². The summed E-state index contributed by atoms with van der Waals surface area (Å²) in [6.45, 7) is 0. The van der Waals surface area contributed by atoms with E-state index in [1.807, 2.05) is 0 Å². The van der Waals surface area contributed by atoms with Crippen LogP contribution in [0.5, 0.6) is 0 Å². The predicted octanol–water partition coefficient (Wildman–Crippen LogP) is 4.29. The van der Waals surface area contributed by atoms with Gasteiger partial charge in [-0.2, -0.15) is 22.0 Å². The molecule has 0 heterocycles. The summed E-state index contributed by atoms with van der Waals surface area (Å²) >= 11 is 0. The van der Waals surface area contributed by atoms with Gasteiger partial charge in [0.05, 0.1) is 0 Å². The quantitative estimate of drug-likeness (QED) is 0.687. The molecule has 0 amide bonds. The predicted molar refractivity (Wildman–Crippen MR) is 51.1 cm³/mol. The van der Waals surface area contributed by atoms with Gasteiger partial charge in [-0.1, -0.05) is 42.5 Å². The van der Waals surface area contributed by atoms with Crippen molar-refractivity contribution in [3.8, 4) is 0 Å². The van der Waals surface area contributed by atoms with Gasteiger partial charge in [-0.15, -0.1) is 0 Å². The van der Waals surface area contributed by atoms with Crippen molar-refractivity contribution in [2.45, 2.75) is 18.5 Å². The highest BCUT2D eigenvalue weighted by Gasteiger charge is 2.56. The van der Waals surface area contributed by atoms with E-state index in [1.54, 1.807) is 30.3 Å². The summed E-state index contributed by atoms with van der Waals surface area (Å²) in [7, 11) is 0. The Morgan fingerprint density at radius 1 is 0.938 bits per heavy atom. The Morgan fingerprint density at radius 3 is 2.00 bits per heavy atom. The highest BCUT2D eigenvalue weighted by atomic mass is 19.4. The fourth-order valence-corrected chi connectivity index (χ4v) is 1.02. The van der Waals surface area contributed by atoms with E-state index in [2.05, 4.69) is 0 Å². The van der Waals surface area contributed by atoms with Crippen molar-refractivity contribution in [2.24, 2.45) is 0 Å². The second-order valence-electron chi connectivity index (χ2n) is 3.22. The van der Waals surface area contributed by atoms with Crippen molar-refractivity contribution in [3.63, 3.8) is 0 Å². The van der Waals surface area contributed by atoms with Crippen LogP contribution < -0.4 is 0 Å². The van der Waals surface area contributed by atoms with Gasteiger partial charge in [-0.25, -0.2) is 0 Å². The maximum absolute atomic E-state index is 12.5. The van der Waals surface area contributed by atoms with Gasteiger partial charge in [0, 0.05) is 6.42 Å². The number of halogens is 5. The van der Waals surface area contributed by atoms with Gasteiger partial charge in [0.25, 0.3) is 0 Å². The van der Waals surface area contributed by atoms with Crippen molar-refractivity contribution >= 4 is 6.08 Å². The maximum atomic E-state index is 12.5. The number of benzene rings is 1. The van der Waals surface area contributed by atoms with Crippen LogP contribution >= 0.6 is 0 Å². The highest BCUT2D eigenvalue weighted by Crippen LogP contribution is 2.38. The van der Waals surface area contributed by atoms with Crippen molar-refractivity contribution in [3.05, 3.63) is 42.0 Å². The van der Waals surface area contributed by atoms with Crippen LogP contribution in [-0.2, 0) is 0 Å². The van der Waals surface area contributed by atoms with Crippen LogP contribution in [-0.4, -0.2) is 12.1 Å². The first-order valence-corrected chi connectivity index (χ1v) is 4.49. The molecule has 16 heavy (non-hydrogen) atoms. The van der Waals surface area contributed by atoms with Gasteiger partial charge >= 0.3 is 12.1 Å². The zero-order valence-corrected chi connectivity index (χ0v) is 8.14. The Bertz CT molecular complexity index is 350. The minimum atomic E-state index is -5.49. The molecular weight excluding hydrogens is 227 g/mol. The van der Waals surface area contributed by atoms with Crippen LogP contribution in [0.4, 0.5) is 22.0 Å². The van der Waals surface area contributed by atoms with E-state index >= 15 is 0 Å². The number of alkyl halides is 5. The molecule has 0 unspecified atom stereocenters. The standard InChI is InChI=1S/C11H9F5/c12-10(13,11(14,15)16)8-4-7-9-5-2-1-3-6-9/h1-7H,8H2. The summed E-state index contributed by atoms with van der Waals surface area (Å²) in [5.41, 5.74) is 0.584. The highest BCUT2D eigenvalue weighted by molar-refractivity contribution is 5.48. The molecule has 0 aromatic heterocycles. The summed E-state index contributed by atoms with van der Waals surface area (Å²) in [5.74, 6) is -4.67. The lowest BCUT2D eigenvalue weighted by atomic mass is 10.1. The molecule has 0 aliphatic heterocycles. The molecule has 0 N–H and O–H groups in total. The minimum Gasteiger partial charge on any atom is -0.196 e. The van der Waals surface area contributed by atoms with Crippen LogP contribution in [0.25, 0.3) is 6.08 Å². The summed E-state index contributed by atoms with van der Waals surface area (Å²) in [6, 6.07) is 8.29. The molecule has 0 atom stereocenters. The fourth-order valence-electron chi connectivity index (χ4n) is 1.02. The molecule has 1 rings (SSSR count). The normalized spacial score (nSPS) is 13.3. The molecule has 0 nitrogen and oxygen atoms in total. The first kappa shape index (κ1) is 12.7. The van der Waals surface area contributed by atoms with E-state index in [0.29, 0.717) is 5.56 Å². The van der Waals surface area contributed by atoms with Gasteiger partial charge in [-0.05, 0) is 5.56 Å². The zero-order chi connectivity index (χ0) is 12.2. The molecule has 1 aromatic carbocycles. The Labute approximate surface area is 89.4 Å². The molecule has 0 radical (unpaired) electrons. The molecule has 0 aliphatic carbocycles. The van der Waals surface area contributed by atoms with E-state index in [1.165, 1.54) is 6.08 Å². The van der Waals surface area contributed by atoms with Gasteiger partial charge in [0.2, 0.25) is 0 Å². The monoisotopic (exact) mass is 236 g/mol. The molecule has 0 aliphatic rings. The molecule has 0 spiro atoms. The Hall–Kier alpha value is -1.39. The zero-order valence-electron chi connectivity index (χ0n) is 8.14. The molecule has 88 valence electrons. The van der Waals surface area contributed by atoms with Crippen molar-refractivity contribution < 1.29 is 22.0 Å². The smallest absolute Gasteiger partial charge is 0.196 e. The summed E-state index contributed by atoms with van der Waals surface area (Å²) in [5, 5.41) is 0. The fraction of sp³-hybridized carbons (Fsp3) is 0.273. The second-order valence-corrected chi connectivity index (χ2v) is 3.22. The third-order valence-electron chi connectivity index (χ3n) is 1.90. The van der Waals surface area contributed by atoms with Crippen molar-refractivity contribution in [2.75, 3.05) is 0 Å². The Kier molecular flexibility index (Phi) is 3.67. The molecule has 0 bridgehead atoms. The molecule has 0 saturated heterocycles. The van der Waals surface area contributed by atoms with E-state index in [4.69, 9.17) is 0 Å². The lowest BCUT2D eigenvalue weighted by molar-refractivity contribution is -0.280. The van der Waals surface area contributed by atoms with Gasteiger partial charge in [-0.3, -0.25) is 0 Å². The molecular formula is C11H9F5. The van der Waals surface area contributed by atoms with Crippen LogP contribution in [0.2, 0.25) is 0 Å². The van der Waals surface area contributed by atoms with Crippen LogP contribution in [0.1, 0.15) is 12.0 Å². The van der Waals surface area contributed by atoms with Crippen molar-refractivity contribution in [1.29, 1.82) is 0 Å². The number of allylic oxidation sites excluding steroid dienone is 1. The SMILES string of the molecule is FC(F)(F)C(F)(F)CC=Cc1ccccc1. The van der Waals surface area contributed by atoms with E-state index in [9.17, 15) is 22.0 Å². The minimum absolute atomic E-state index is 0.584. The van der Waals surface area contributed by atoms with E-state index in [-0.39, 0.29) is 0 Å². The third kappa shape index (κ3) is 3.32. The van der Waals surface area contributed by atoms with Gasteiger partial charge in [0.1, 0.15) is 0 Å². The van der Waals surface area contributed by atoms with Crippen LogP contribution in [0.3, 0.4) is 0 Å². The van der Waals surface area contributed by atoms with Crippen LogP contribution in [0.15, 0.2) is 36.4 Å². The Balaban J connectivity index is 2.62. The number of hydrogen-bond donors (Lipinski definition) is 0. The molecule has 0 fully saturated rings. The lowest BCUT2D eigenvalue weighted by Crippen LogP contribution is -2.35. The summed E-state index contributed by atoms with van der Waals surface area (Å²) in [4.78, 5) is 0. The summed E-state index contributed by atoms with van der Waals surface area (Å²) in [6.07, 6.45) is -4.78. The topological polar surface area (TPSA) is 0 Å². The maximum Gasteiger partial charge on any atom is 0.453 e. The van der Waals surface area contributed by atoms with E-state index in [0.717, 1.165) is 6.08 Å². The number of rotatable bonds is 3. The first-order chi connectivity index (χ1) is 7.33.